The van der Waals surface area contributed by atoms with Crippen LogP contribution in [-0.2, 0) is 6.54 Å². The second-order valence-corrected chi connectivity index (χ2v) is 5.50. The van der Waals surface area contributed by atoms with Crippen LogP contribution in [0.4, 0.5) is 0 Å². The Balaban J connectivity index is 1.84. The van der Waals surface area contributed by atoms with Gasteiger partial charge < -0.3 is 0 Å². The highest BCUT2D eigenvalue weighted by Gasteiger charge is 2.20. The maximum Gasteiger partial charge on any atom is 0.0950 e. The molecule has 1 aliphatic heterocycles. The first-order valence-electron chi connectivity index (χ1n) is 6.15. The molecule has 1 aromatic heterocycles. The molecule has 0 N–H and O–H groups in total. The molecule has 5 heteroatoms. The summed E-state index contributed by atoms with van der Waals surface area (Å²) in [5.74, 6) is 0. The second-order valence-electron chi connectivity index (χ2n) is 4.58. The Morgan fingerprint density at radius 3 is 2.67 bits per heavy atom. The number of nitrogens with zero attached hydrogens (tertiary/aromatic N) is 4. The summed E-state index contributed by atoms with van der Waals surface area (Å²) in [5, 5.41) is 8.89. The minimum atomic E-state index is 0.0259. The topological polar surface area (TPSA) is 43.2 Å². The van der Waals surface area contributed by atoms with Gasteiger partial charge in [0.15, 0.2) is 0 Å². The lowest BCUT2D eigenvalue weighted by atomic mass is 10.2. The lowest BCUT2D eigenvalue weighted by molar-refractivity contribution is 0.113. The Kier molecular flexibility index (Phi) is 4.70. The van der Waals surface area contributed by atoms with E-state index in [0.717, 1.165) is 42.9 Å². The number of hydrogen-bond acceptors (Lipinski definition) is 4. The van der Waals surface area contributed by atoms with Gasteiger partial charge in [-0.2, -0.15) is 5.26 Å². The zero-order valence-electron chi connectivity index (χ0n) is 10.5. The fourth-order valence-corrected chi connectivity index (χ4v) is 2.35. The molecule has 2 rings (SSSR count). The summed E-state index contributed by atoms with van der Waals surface area (Å²) in [6.45, 7) is 6.79. The van der Waals surface area contributed by atoms with Gasteiger partial charge in [0.25, 0.3) is 0 Å². The number of halogens is 1. The van der Waals surface area contributed by atoms with E-state index in [-0.39, 0.29) is 6.04 Å². The monoisotopic (exact) mass is 308 g/mol. The van der Waals surface area contributed by atoms with Gasteiger partial charge in [-0.15, -0.1) is 0 Å². The van der Waals surface area contributed by atoms with Crippen molar-refractivity contribution in [2.24, 2.45) is 0 Å². The molecule has 0 saturated carbocycles. The van der Waals surface area contributed by atoms with Crippen molar-refractivity contribution in [1.29, 1.82) is 5.26 Å². The van der Waals surface area contributed by atoms with E-state index in [1.54, 1.807) is 0 Å². The molecule has 1 aliphatic rings. The fraction of sp³-hybridized carbons (Fsp3) is 0.538. The van der Waals surface area contributed by atoms with Crippen LogP contribution in [-0.4, -0.2) is 47.0 Å². The normalized spacial score (nSPS) is 19.4. The van der Waals surface area contributed by atoms with Gasteiger partial charge in [0, 0.05) is 43.4 Å². The summed E-state index contributed by atoms with van der Waals surface area (Å²) in [7, 11) is 0. The van der Waals surface area contributed by atoms with Crippen molar-refractivity contribution >= 4 is 15.9 Å². The first-order chi connectivity index (χ1) is 8.69. The van der Waals surface area contributed by atoms with E-state index in [2.05, 4.69) is 36.8 Å². The highest BCUT2D eigenvalue weighted by atomic mass is 79.9. The van der Waals surface area contributed by atoms with Crippen LogP contribution in [0, 0.1) is 11.3 Å². The summed E-state index contributed by atoms with van der Waals surface area (Å²) in [4.78, 5) is 9.00. The highest BCUT2D eigenvalue weighted by molar-refractivity contribution is 9.10. The van der Waals surface area contributed by atoms with Gasteiger partial charge in [-0.3, -0.25) is 14.8 Å². The van der Waals surface area contributed by atoms with Crippen molar-refractivity contribution in [2.45, 2.75) is 19.5 Å². The molecule has 0 amide bonds. The van der Waals surface area contributed by atoms with Crippen molar-refractivity contribution in [1.82, 2.24) is 14.8 Å². The smallest absolute Gasteiger partial charge is 0.0950 e. The first kappa shape index (κ1) is 13.5. The van der Waals surface area contributed by atoms with E-state index in [4.69, 9.17) is 5.26 Å². The van der Waals surface area contributed by atoms with Gasteiger partial charge in [0.1, 0.15) is 0 Å². The lowest BCUT2D eigenvalue weighted by Crippen LogP contribution is -2.48. The van der Waals surface area contributed by atoms with Gasteiger partial charge in [-0.1, -0.05) is 0 Å². The molecule has 1 unspecified atom stereocenters. The Morgan fingerprint density at radius 2 is 2.11 bits per heavy atom. The molecule has 18 heavy (non-hydrogen) atoms. The van der Waals surface area contributed by atoms with Gasteiger partial charge in [-0.05, 0) is 35.0 Å². The minimum Gasteiger partial charge on any atom is -0.295 e. The zero-order valence-corrected chi connectivity index (χ0v) is 12.1. The Bertz CT molecular complexity index is 418. The third kappa shape index (κ3) is 3.52. The van der Waals surface area contributed by atoms with Gasteiger partial charge in [0.2, 0.25) is 0 Å². The van der Waals surface area contributed by atoms with E-state index in [0.29, 0.717) is 0 Å². The van der Waals surface area contributed by atoms with Gasteiger partial charge in [-0.25, -0.2) is 0 Å². The van der Waals surface area contributed by atoms with E-state index in [1.165, 1.54) is 0 Å². The molecule has 4 nitrogen and oxygen atoms in total. The van der Waals surface area contributed by atoms with E-state index >= 15 is 0 Å². The Morgan fingerprint density at radius 1 is 1.39 bits per heavy atom. The average Bonchev–Trinajstić information content (AvgIpc) is 2.41. The number of piperazine rings is 1. The number of pyridine rings is 1. The molecule has 1 saturated heterocycles. The molecular weight excluding hydrogens is 292 g/mol. The van der Waals surface area contributed by atoms with Crippen LogP contribution < -0.4 is 0 Å². The third-order valence-corrected chi connectivity index (χ3v) is 3.78. The van der Waals surface area contributed by atoms with Crippen molar-refractivity contribution in [3.63, 3.8) is 0 Å². The van der Waals surface area contributed by atoms with Crippen molar-refractivity contribution in [3.05, 3.63) is 28.5 Å². The average molecular weight is 309 g/mol. The van der Waals surface area contributed by atoms with Gasteiger partial charge in [0.05, 0.1) is 17.8 Å². The fourth-order valence-electron chi connectivity index (χ4n) is 2.12. The first-order valence-corrected chi connectivity index (χ1v) is 6.95. The second kappa shape index (κ2) is 6.28. The maximum atomic E-state index is 8.89. The quantitative estimate of drug-likeness (QED) is 0.855. The summed E-state index contributed by atoms with van der Waals surface area (Å²) in [5.41, 5.74) is 1.10. The van der Waals surface area contributed by atoms with Crippen molar-refractivity contribution in [3.8, 4) is 6.07 Å². The van der Waals surface area contributed by atoms with Crippen LogP contribution in [0.3, 0.4) is 0 Å². The summed E-state index contributed by atoms with van der Waals surface area (Å²) in [6, 6.07) is 6.40. The number of nitriles is 1. The van der Waals surface area contributed by atoms with Crippen molar-refractivity contribution in [2.75, 3.05) is 26.2 Å². The lowest BCUT2D eigenvalue weighted by Gasteiger charge is -2.35. The van der Waals surface area contributed by atoms with Gasteiger partial charge >= 0.3 is 0 Å². The summed E-state index contributed by atoms with van der Waals surface area (Å²) in [6.07, 6.45) is 1.84. The summed E-state index contributed by atoms with van der Waals surface area (Å²) < 4.78 is 1.01. The Labute approximate surface area is 116 Å². The molecule has 0 radical (unpaired) electrons. The van der Waals surface area contributed by atoms with Crippen LogP contribution in [0.1, 0.15) is 12.6 Å². The minimum absolute atomic E-state index is 0.0259. The molecule has 1 aromatic rings. The van der Waals surface area contributed by atoms with Crippen LogP contribution >= 0.6 is 15.9 Å². The molecule has 1 atom stereocenters. The van der Waals surface area contributed by atoms with E-state index < -0.39 is 0 Å². The van der Waals surface area contributed by atoms with Crippen LogP contribution in [0.2, 0.25) is 0 Å². The maximum absolute atomic E-state index is 8.89. The van der Waals surface area contributed by atoms with Crippen LogP contribution in [0.5, 0.6) is 0 Å². The zero-order chi connectivity index (χ0) is 13.0. The molecule has 2 heterocycles. The third-order valence-electron chi connectivity index (χ3n) is 3.32. The Hall–Kier alpha value is -0.960. The predicted molar refractivity (Wildman–Crippen MR) is 73.9 cm³/mol. The van der Waals surface area contributed by atoms with E-state index in [9.17, 15) is 0 Å². The number of rotatable bonds is 3. The molecular formula is C13H17BrN4. The predicted octanol–water partition coefficient (Wildman–Crippen LogP) is 1.87. The molecule has 96 valence electrons. The van der Waals surface area contributed by atoms with Crippen molar-refractivity contribution < 1.29 is 0 Å². The molecule has 0 spiro atoms. The van der Waals surface area contributed by atoms with E-state index in [1.807, 2.05) is 25.3 Å². The molecule has 0 aromatic carbocycles. The standard InChI is InChI=1S/C13H17BrN4/c1-11(8-15)18-6-4-17(5-7-18)10-13-3-2-12(14)9-16-13/h2-3,9,11H,4-7,10H2,1H3. The largest absolute Gasteiger partial charge is 0.295 e. The van der Waals surface area contributed by atoms with Crippen LogP contribution in [0.15, 0.2) is 22.8 Å². The molecule has 0 aliphatic carbocycles. The molecule has 0 bridgehead atoms. The van der Waals surface area contributed by atoms with Crippen LogP contribution in [0.25, 0.3) is 0 Å². The highest BCUT2D eigenvalue weighted by Crippen LogP contribution is 2.11. The molecule has 1 fully saturated rings. The SMILES string of the molecule is CC(C#N)N1CCN(Cc2ccc(Br)cn2)CC1. The number of aromatic nitrogens is 1. The summed E-state index contributed by atoms with van der Waals surface area (Å²) >= 11 is 3.39. The number of hydrogen-bond donors (Lipinski definition) is 0.